The Hall–Kier alpha value is -3.62. The van der Waals surface area contributed by atoms with Crippen LogP contribution in [0.2, 0.25) is 0 Å². The van der Waals surface area contributed by atoms with Crippen molar-refractivity contribution in [1.82, 2.24) is 20.5 Å². The van der Waals surface area contributed by atoms with Crippen molar-refractivity contribution in [1.29, 1.82) is 0 Å². The highest BCUT2D eigenvalue weighted by atomic mass is 16.6. The van der Waals surface area contributed by atoms with E-state index in [0.717, 1.165) is 36.8 Å². The minimum absolute atomic E-state index is 0.161. The van der Waals surface area contributed by atoms with Crippen LogP contribution in [0.3, 0.4) is 0 Å². The van der Waals surface area contributed by atoms with Gasteiger partial charge in [0.25, 0.3) is 0 Å². The molecule has 2 N–H and O–H groups in total. The average Bonchev–Trinajstić information content (AvgIpc) is 3.21. The van der Waals surface area contributed by atoms with Crippen LogP contribution in [0.25, 0.3) is 0 Å². The van der Waals surface area contributed by atoms with Gasteiger partial charge < -0.3 is 25.0 Å². The lowest BCUT2D eigenvalue weighted by molar-refractivity contribution is -0.158. The van der Waals surface area contributed by atoms with E-state index in [0.29, 0.717) is 31.9 Å². The summed E-state index contributed by atoms with van der Waals surface area (Å²) in [7, 11) is 0. The maximum absolute atomic E-state index is 13.5. The molecular formula is C32H46N4O5. The van der Waals surface area contributed by atoms with Crippen LogP contribution in [0.4, 0.5) is 4.79 Å². The highest BCUT2D eigenvalue weighted by molar-refractivity contribution is 5.90. The zero-order chi connectivity index (χ0) is 29.8. The van der Waals surface area contributed by atoms with E-state index in [1.165, 1.54) is 0 Å². The molecule has 9 heteroatoms. The second-order valence-electron chi connectivity index (χ2n) is 12.1. The third kappa shape index (κ3) is 11.4. The van der Waals surface area contributed by atoms with Gasteiger partial charge in [0.15, 0.2) is 0 Å². The molecule has 2 heterocycles. The second kappa shape index (κ2) is 15.4. The molecule has 2 atom stereocenters. The number of hydrogen-bond donors (Lipinski definition) is 2. The highest BCUT2D eigenvalue weighted by Crippen LogP contribution is 2.18. The number of benzene rings is 1. The minimum atomic E-state index is -0.923. The van der Waals surface area contributed by atoms with Crippen molar-refractivity contribution in [2.24, 2.45) is 5.92 Å². The molecule has 1 aliphatic rings. The number of ether oxygens (including phenoxy) is 2. The van der Waals surface area contributed by atoms with Gasteiger partial charge in [-0.3, -0.25) is 9.78 Å². The first-order chi connectivity index (χ1) is 19.5. The lowest BCUT2D eigenvalue weighted by Crippen LogP contribution is -2.55. The number of nitrogens with zero attached hydrogens (tertiary/aromatic N) is 2. The van der Waals surface area contributed by atoms with E-state index in [4.69, 9.17) is 9.47 Å². The number of esters is 1. The Labute approximate surface area is 244 Å². The number of hydrogen-bond acceptors (Lipinski definition) is 6. The summed E-state index contributed by atoms with van der Waals surface area (Å²) in [5.74, 6) is -0.0721. The van der Waals surface area contributed by atoms with E-state index in [1.807, 2.05) is 50.2 Å². The van der Waals surface area contributed by atoms with Crippen LogP contribution in [-0.4, -0.2) is 58.6 Å². The predicted octanol–water partition coefficient (Wildman–Crippen LogP) is 5.03. The molecule has 9 nitrogen and oxygen atoms in total. The number of aromatic nitrogens is 1. The molecule has 1 aromatic heterocycles. The highest BCUT2D eigenvalue weighted by Gasteiger charge is 2.31. The van der Waals surface area contributed by atoms with Gasteiger partial charge >= 0.3 is 12.0 Å². The number of pyridine rings is 1. The van der Waals surface area contributed by atoms with Gasteiger partial charge in [-0.15, -0.1) is 0 Å². The standard InChI is InChI=1S/C32H46N4O5/c1-23(2)19-27(35-31(39)36-17-8-6-7-9-18-36)29(37)34-28(30(38)41-32(3,4)5)20-24-12-14-26(15-13-24)40-22-25-11-10-16-33-21-25/h10-16,21,23,27-28H,6-9,17-20,22H2,1-5H3,(H,34,37)(H,35,39). The monoisotopic (exact) mass is 566 g/mol. The van der Waals surface area contributed by atoms with Gasteiger partial charge in [0.05, 0.1) is 0 Å². The first-order valence-electron chi connectivity index (χ1n) is 14.7. The summed E-state index contributed by atoms with van der Waals surface area (Å²) in [5, 5.41) is 5.83. The lowest BCUT2D eigenvalue weighted by atomic mass is 10.0. The molecule has 1 aliphatic heterocycles. The van der Waals surface area contributed by atoms with Crippen molar-refractivity contribution in [2.45, 2.75) is 97.4 Å². The van der Waals surface area contributed by atoms with E-state index in [2.05, 4.69) is 15.6 Å². The van der Waals surface area contributed by atoms with Crippen LogP contribution in [0.1, 0.15) is 77.8 Å². The fraction of sp³-hybridized carbons (Fsp3) is 0.562. The molecule has 3 amide bonds. The van der Waals surface area contributed by atoms with Gasteiger partial charge in [-0.05, 0) is 69.7 Å². The molecule has 1 fully saturated rings. The molecule has 2 unspecified atom stereocenters. The van der Waals surface area contributed by atoms with Gasteiger partial charge in [-0.2, -0.15) is 0 Å². The normalized spacial score (nSPS) is 15.4. The van der Waals surface area contributed by atoms with Crippen molar-refractivity contribution >= 4 is 17.9 Å². The predicted molar refractivity (Wildman–Crippen MR) is 158 cm³/mol. The maximum atomic E-state index is 13.5. The summed E-state index contributed by atoms with van der Waals surface area (Å²) in [6, 6.07) is 9.29. The Morgan fingerprint density at radius 2 is 1.61 bits per heavy atom. The number of nitrogens with one attached hydrogen (secondary N) is 2. The van der Waals surface area contributed by atoms with Crippen LogP contribution < -0.4 is 15.4 Å². The molecule has 0 radical (unpaired) electrons. The minimum Gasteiger partial charge on any atom is -0.489 e. The van der Waals surface area contributed by atoms with E-state index < -0.39 is 29.6 Å². The number of amides is 3. The Kier molecular flexibility index (Phi) is 12.0. The average molecular weight is 567 g/mol. The molecule has 41 heavy (non-hydrogen) atoms. The zero-order valence-electron chi connectivity index (χ0n) is 25.2. The third-order valence-corrected chi connectivity index (χ3v) is 6.71. The zero-order valence-corrected chi connectivity index (χ0v) is 25.2. The fourth-order valence-corrected chi connectivity index (χ4v) is 4.66. The Balaban J connectivity index is 1.70. The topological polar surface area (TPSA) is 110 Å². The summed E-state index contributed by atoms with van der Waals surface area (Å²) in [6.45, 7) is 11.1. The number of urea groups is 1. The van der Waals surface area contributed by atoms with E-state index in [-0.39, 0.29) is 18.4 Å². The Morgan fingerprint density at radius 1 is 0.927 bits per heavy atom. The molecule has 0 saturated carbocycles. The van der Waals surface area contributed by atoms with Crippen LogP contribution in [0.15, 0.2) is 48.8 Å². The Bertz CT molecular complexity index is 1110. The summed E-state index contributed by atoms with van der Waals surface area (Å²) in [6.07, 6.45) is 8.29. The maximum Gasteiger partial charge on any atom is 0.329 e. The number of carbonyl (C=O) groups excluding carboxylic acids is 3. The SMILES string of the molecule is CC(C)CC(NC(=O)N1CCCCCC1)C(=O)NC(Cc1ccc(OCc2cccnc2)cc1)C(=O)OC(C)(C)C. The third-order valence-electron chi connectivity index (χ3n) is 6.71. The second-order valence-corrected chi connectivity index (χ2v) is 12.1. The number of likely N-dealkylation sites (tertiary alicyclic amines) is 1. The summed E-state index contributed by atoms with van der Waals surface area (Å²) < 4.78 is 11.5. The van der Waals surface area contributed by atoms with Crippen molar-refractivity contribution in [3.8, 4) is 5.75 Å². The molecule has 3 rings (SSSR count). The Morgan fingerprint density at radius 3 is 2.20 bits per heavy atom. The molecule has 0 aliphatic carbocycles. The van der Waals surface area contributed by atoms with E-state index >= 15 is 0 Å². The van der Waals surface area contributed by atoms with Crippen LogP contribution >= 0.6 is 0 Å². The molecule has 1 saturated heterocycles. The van der Waals surface area contributed by atoms with Gasteiger partial charge in [-0.1, -0.05) is 44.9 Å². The summed E-state index contributed by atoms with van der Waals surface area (Å²) in [4.78, 5) is 45.7. The van der Waals surface area contributed by atoms with Crippen LogP contribution in [-0.2, 0) is 27.4 Å². The van der Waals surface area contributed by atoms with Gasteiger partial charge in [0, 0.05) is 37.5 Å². The largest absolute Gasteiger partial charge is 0.489 e. The molecule has 0 spiro atoms. The van der Waals surface area contributed by atoms with Crippen LogP contribution in [0, 0.1) is 5.92 Å². The number of rotatable bonds is 11. The first kappa shape index (κ1) is 31.9. The van der Waals surface area contributed by atoms with Crippen molar-refractivity contribution < 1.29 is 23.9 Å². The van der Waals surface area contributed by atoms with Gasteiger partial charge in [0.2, 0.25) is 5.91 Å². The van der Waals surface area contributed by atoms with Gasteiger partial charge in [-0.25, -0.2) is 9.59 Å². The lowest BCUT2D eigenvalue weighted by Gasteiger charge is -2.28. The fourth-order valence-electron chi connectivity index (χ4n) is 4.66. The molecular weight excluding hydrogens is 520 g/mol. The molecule has 0 bridgehead atoms. The summed E-state index contributed by atoms with van der Waals surface area (Å²) in [5.41, 5.74) is 1.08. The molecule has 1 aromatic carbocycles. The first-order valence-corrected chi connectivity index (χ1v) is 14.7. The van der Waals surface area contributed by atoms with Gasteiger partial charge in [0.1, 0.15) is 30.0 Å². The van der Waals surface area contributed by atoms with Crippen molar-refractivity contribution in [3.05, 3.63) is 59.9 Å². The number of carbonyl (C=O) groups is 3. The quantitative estimate of drug-likeness (QED) is 0.369. The van der Waals surface area contributed by atoms with E-state index in [9.17, 15) is 14.4 Å². The van der Waals surface area contributed by atoms with Crippen LogP contribution in [0.5, 0.6) is 5.75 Å². The van der Waals surface area contributed by atoms with E-state index in [1.54, 1.807) is 38.1 Å². The van der Waals surface area contributed by atoms with Crippen molar-refractivity contribution in [3.63, 3.8) is 0 Å². The summed E-state index contributed by atoms with van der Waals surface area (Å²) >= 11 is 0. The smallest absolute Gasteiger partial charge is 0.329 e. The van der Waals surface area contributed by atoms with Crippen molar-refractivity contribution in [2.75, 3.05) is 13.1 Å². The molecule has 224 valence electrons. The molecule has 2 aromatic rings.